The van der Waals surface area contributed by atoms with Crippen molar-refractivity contribution in [1.82, 2.24) is 4.98 Å². The van der Waals surface area contributed by atoms with Gasteiger partial charge in [-0.3, -0.25) is 9.78 Å². The van der Waals surface area contributed by atoms with Gasteiger partial charge in [-0.2, -0.15) is 0 Å². The molecule has 0 amide bonds. The van der Waals surface area contributed by atoms with Crippen molar-refractivity contribution in [3.63, 3.8) is 0 Å². The van der Waals surface area contributed by atoms with E-state index in [9.17, 15) is 4.79 Å². The number of aryl methyl sites for hydroxylation is 1. The summed E-state index contributed by atoms with van der Waals surface area (Å²) in [6, 6.07) is 3.72. The molecule has 0 radical (unpaired) electrons. The standard InChI is InChI=1S/C10H9NO/c1-7-5-6-8-9(11-7)3-2-4-10(8)12/h2,4-6H,3H2,1H3. The summed E-state index contributed by atoms with van der Waals surface area (Å²) in [5.41, 5.74) is 2.63. The van der Waals surface area contributed by atoms with Gasteiger partial charge in [0.05, 0.1) is 5.69 Å². The molecule has 2 heteroatoms. The fraction of sp³-hybridized carbons (Fsp3) is 0.200. The topological polar surface area (TPSA) is 30.0 Å². The van der Waals surface area contributed by atoms with E-state index >= 15 is 0 Å². The van der Waals surface area contributed by atoms with Crippen LogP contribution in [0.15, 0.2) is 24.3 Å². The number of fused-ring (bicyclic) bond motifs is 1. The molecule has 60 valence electrons. The van der Waals surface area contributed by atoms with Crippen LogP contribution in [0.3, 0.4) is 0 Å². The van der Waals surface area contributed by atoms with E-state index in [2.05, 4.69) is 4.98 Å². The first kappa shape index (κ1) is 7.22. The molecular formula is C10H9NO. The van der Waals surface area contributed by atoms with E-state index in [-0.39, 0.29) is 5.78 Å². The van der Waals surface area contributed by atoms with Gasteiger partial charge in [-0.1, -0.05) is 6.08 Å². The number of allylic oxidation sites excluding steroid dienone is 2. The van der Waals surface area contributed by atoms with Crippen LogP contribution >= 0.6 is 0 Å². The molecule has 0 unspecified atom stereocenters. The van der Waals surface area contributed by atoms with Gasteiger partial charge in [0.25, 0.3) is 0 Å². The van der Waals surface area contributed by atoms with Crippen LogP contribution in [0.2, 0.25) is 0 Å². The van der Waals surface area contributed by atoms with Gasteiger partial charge < -0.3 is 0 Å². The number of carbonyl (C=O) groups is 1. The minimum absolute atomic E-state index is 0.0729. The van der Waals surface area contributed by atoms with E-state index in [4.69, 9.17) is 0 Å². The lowest BCUT2D eigenvalue weighted by atomic mass is 10.0. The molecule has 0 atom stereocenters. The summed E-state index contributed by atoms with van der Waals surface area (Å²) >= 11 is 0. The van der Waals surface area contributed by atoms with Gasteiger partial charge in [0.1, 0.15) is 0 Å². The Morgan fingerprint density at radius 2 is 2.25 bits per heavy atom. The second-order valence-corrected chi connectivity index (χ2v) is 2.92. The van der Waals surface area contributed by atoms with Crippen LogP contribution in [0.1, 0.15) is 21.7 Å². The fourth-order valence-electron chi connectivity index (χ4n) is 1.36. The third-order valence-corrected chi connectivity index (χ3v) is 1.96. The van der Waals surface area contributed by atoms with Crippen molar-refractivity contribution < 1.29 is 4.79 Å². The number of carbonyl (C=O) groups excluding carboxylic acids is 1. The van der Waals surface area contributed by atoms with Crippen molar-refractivity contribution >= 4 is 5.78 Å². The number of hydrogen-bond donors (Lipinski definition) is 0. The average Bonchev–Trinajstić information content (AvgIpc) is 2.04. The first-order chi connectivity index (χ1) is 5.77. The van der Waals surface area contributed by atoms with Crippen LogP contribution in [0.5, 0.6) is 0 Å². The second kappa shape index (κ2) is 2.55. The molecule has 1 aliphatic rings. The predicted octanol–water partition coefficient (Wildman–Crippen LogP) is 1.69. The Balaban J connectivity index is 2.58. The van der Waals surface area contributed by atoms with Crippen LogP contribution in [0.4, 0.5) is 0 Å². The molecule has 0 saturated heterocycles. The molecule has 0 saturated carbocycles. The molecule has 0 aromatic carbocycles. The highest BCUT2D eigenvalue weighted by Gasteiger charge is 2.12. The number of hydrogen-bond acceptors (Lipinski definition) is 2. The van der Waals surface area contributed by atoms with Gasteiger partial charge in [0, 0.05) is 17.7 Å². The number of ketones is 1. The Bertz CT molecular complexity index is 366. The summed E-state index contributed by atoms with van der Waals surface area (Å²) in [6.07, 6.45) is 4.25. The van der Waals surface area contributed by atoms with Crippen molar-refractivity contribution in [3.05, 3.63) is 41.2 Å². The maximum Gasteiger partial charge on any atom is 0.187 e. The SMILES string of the molecule is Cc1ccc2c(n1)CC=CC2=O. The minimum Gasteiger partial charge on any atom is -0.289 e. The zero-order chi connectivity index (χ0) is 8.55. The lowest BCUT2D eigenvalue weighted by molar-refractivity contribution is 0.104. The molecule has 0 fully saturated rings. The third-order valence-electron chi connectivity index (χ3n) is 1.96. The first-order valence-corrected chi connectivity index (χ1v) is 3.95. The van der Waals surface area contributed by atoms with Gasteiger partial charge in [0.15, 0.2) is 5.78 Å². The summed E-state index contributed by atoms with van der Waals surface area (Å²) < 4.78 is 0. The van der Waals surface area contributed by atoms with Gasteiger partial charge >= 0.3 is 0 Å². The molecule has 12 heavy (non-hydrogen) atoms. The quantitative estimate of drug-likeness (QED) is 0.576. The molecule has 2 rings (SSSR count). The molecule has 1 heterocycles. The number of nitrogens with zero attached hydrogens (tertiary/aromatic N) is 1. The molecule has 2 nitrogen and oxygen atoms in total. The Morgan fingerprint density at radius 1 is 1.42 bits per heavy atom. The highest BCUT2D eigenvalue weighted by molar-refractivity contribution is 6.06. The zero-order valence-corrected chi connectivity index (χ0v) is 6.87. The minimum atomic E-state index is 0.0729. The van der Waals surface area contributed by atoms with E-state index in [0.717, 1.165) is 23.4 Å². The molecule has 1 aromatic rings. The van der Waals surface area contributed by atoms with Crippen LogP contribution in [-0.4, -0.2) is 10.8 Å². The highest BCUT2D eigenvalue weighted by Crippen LogP contribution is 2.14. The second-order valence-electron chi connectivity index (χ2n) is 2.92. The molecular weight excluding hydrogens is 150 g/mol. The normalized spacial score (nSPS) is 14.6. The average molecular weight is 159 g/mol. The van der Waals surface area contributed by atoms with Gasteiger partial charge in [-0.05, 0) is 25.1 Å². The number of pyridine rings is 1. The predicted molar refractivity (Wildman–Crippen MR) is 46.1 cm³/mol. The lowest BCUT2D eigenvalue weighted by Crippen LogP contribution is -2.07. The maximum atomic E-state index is 11.3. The molecule has 1 aromatic heterocycles. The van der Waals surface area contributed by atoms with E-state index in [1.807, 2.05) is 25.1 Å². The van der Waals surface area contributed by atoms with Crippen molar-refractivity contribution in [3.8, 4) is 0 Å². The Hall–Kier alpha value is -1.44. The Labute approximate surface area is 70.9 Å². The van der Waals surface area contributed by atoms with E-state index in [1.165, 1.54) is 0 Å². The molecule has 1 aliphatic carbocycles. The largest absolute Gasteiger partial charge is 0.289 e. The third kappa shape index (κ3) is 1.05. The van der Waals surface area contributed by atoms with E-state index in [1.54, 1.807) is 6.08 Å². The molecule has 0 spiro atoms. The summed E-state index contributed by atoms with van der Waals surface area (Å²) in [5, 5.41) is 0. The monoisotopic (exact) mass is 159 g/mol. The summed E-state index contributed by atoms with van der Waals surface area (Å²) in [4.78, 5) is 15.6. The van der Waals surface area contributed by atoms with Crippen molar-refractivity contribution in [2.75, 3.05) is 0 Å². The smallest absolute Gasteiger partial charge is 0.187 e. The summed E-state index contributed by atoms with van der Waals surface area (Å²) in [7, 11) is 0. The van der Waals surface area contributed by atoms with Crippen LogP contribution in [-0.2, 0) is 6.42 Å². The fourth-order valence-corrected chi connectivity index (χ4v) is 1.36. The van der Waals surface area contributed by atoms with Crippen molar-refractivity contribution in [2.45, 2.75) is 13.3 Å². The van der Waals surface area contributed by atoms with Crippen molar-refractivity contribution in [1.29, 1.82) is 0 Å². The molecule has 0 bridgehead atoms. The molecule has 0 aliphatic heterocycles. The van der Waals surface area contributed by atoms with Gasteiger partial charge in [0.2, 0.25) is 0 Å². The molecule has 0 N–H and O–H groups in total. The number of rotatable bonds is 0. The van der Waals surface area contributed by atoms with Gasteiger partial charge in [-0.25, -0.2) is 0 Å². The zero-order valence-electron chi connectivity index (χ0n) is 6.87. The van der Waals surface area contributed by atoms with Crippen LogP contribution in [0.25, 0.3) is 0 Å². The summed E-state index contributed by atoms with van der Waals surface area (Å²) in [5.74, 6) is 0.0729. The maximum absolute atomic E-state index is 11.3. The van der Waals surface area contributed by atoms with E-state index in [0.29, 0.717) is 0 Å². The van der Waals surface area contributed by atoms with Crippen LogP contribution in [0, 0.1) is 6.92 Å². The first-order valence-electron chi connectivity index (χ1n) is 3.95. The Kier molecular flexibility index (Phi) is 1.54. The highest BCUT2D eigenvalue weighted by atomic mass is 16.1. The Morgan fingerprint density at radius 3 is 3.08 bits per heavy atom. The summed E-state index contributed by atoms with van der Waals surface area (Å²) in [6.45, 7) is 1.93. The van der Waals surface area contributed by atoms with Crippen LogP contribution < -0.4 is 0 Å². The van der Waals surface area contributed by atoms with E-state index < -0.39 is 0 Å². The lowest BCUT2D eigenvalue weighted by Gasteiger charge is -2.08. The number of aromatic nitrogens is 1. The van der Waals surface area contributed by atoms with Crippen molar-refractivity contribution in [2.24, 2.45) is 0 Å². The van der Waals surface area contributed by atoms with Gasteiger partial charge in [-0.15, -0.1) is 0 Å².